The zero-order valence-electron chi connectivity index (χ0n) is 17.0. The Morgan fingerprint density at radius 2 is 2.00 bits per heavy atom. The van der Waals surface area contributed by atoms with E-state index >= 15 is 0 Å². The minimum absolute atomic E-state index is 0.0398. The van der Waals surface area contributed by atoms with Crippen molar-refractivity contribution in [3.63, 3.8) is 0 Å². The van der Waals surface area contributed by atoms with Crippen molar-refractivity contribution in [1.82, 2.24) is 4.48 Å². The van der Waals surface area contributed by atoms with Crippen LogP contribution in [0, 0.1) is 0 Å². The van der Waals surface area contributed by atoms with E-state index in [9.17, 15) is 19.8 Å². The topological polar surface area (TPSA) is 96.9 Å². The molecule has 0 radical (unpaired) electrons. The van der Waals surface area contributed by atoms with Crippen molar-refractivity contribution in [2.75, 3.05) is 13.3 Å². The Bertz CT molecular complexity index is 1400. The van der Waals surface area contributed by atoms with Crippen molar-refractivity contribution in [2.24, 2.45) is 0 Å². The predicted octanol–water partition coefficient (Wildman–Crippen LogP) is 3.92. The van der Waals surface area contributed by atoms with Crippen molar-refractivity contribution in [2.45, 2.75) is 23.9 Å². The van der Waals surface area contributed by atoms with Crippen LogP contribution in [0.25, 0.3) is 16.3 Å². The number of thiazole rings is 1. The van der Waals surface area contributed by atoms with Crippen molar-refractivity contribution >= 4 is 68.6 Å². The first kappa shape index (κ1) is 20.8. The maximum Gasteiger partial charge on any atom is 0.369 e. The highest BCUT2D eigenvalue weighted by molar-refractivity contribution is 8.03. The molecule has 1 saturated heterocycles. The molecule has 33 heavy (non-hydrogen) atoms. The van der Waals surface area contributed by atoms with E-state index < -0.39 is 18.0 Å². The summed E-state index contributed by atoms with van der Waals surface area (Å²) in [4.78, 5) is 24.2. The van der Waals surface area contributed by atoms with Gasteiger partial charge in [-0.2, -0.15) is 4.57 Å². The lowest BCUT2D eigenvalue weighted by atomic mass is 10.2. The SMILES string of the molecule is O=C(O)CC[n+]1c(C=C2Sc3ccc(Cl)cc3[N+]23CC3C(=O)O)sc2cc3c(cc21)OCO3. The van der Waals surface area contributed by atoms with Gasteiger partial charge in [-0.15, -0.1) is 0 Å². The minimum atomic E-state index is -0.890. The Hall–Kier alpha value is -2.79. The molecule has 0 amide bonds. The van der Waals surface area contributed by atoms with E-state index in [2.05, 4.69) is 0 Å². The number of aliphatic carboxylic acids is 2. The van der Waals surface area contributed by atoms with Crippen molar-refractivity contribution in [3.8, 4) is 11.5 Å². The number of aryl methyl sites for hydroxylation is 1. The Morgan fingerprint density at radius 1 is 1.21 bits per heavy atom. The van der Waals surface area contributed by atoms with Crippen LogP contribution in [0.2, 0.25) is 5.02 Å². The minimum Gasteiger partial charge on any atom is -0.481 e. The summed E-state index contributed by atoms with van der Waals surface area (Å²) in [5.74, 6) is -0.457. The van der Waals surface area contributed by atoms with Crippen LogP contribution in [-0.4, -0.2) is 41.5 Å². The third-order valence-corrected chi connectivity index (χ3v) is 8.67. The first-order valence-electron chi connectivity index (χ1n) is 10.2. The summed E-state index contributed by atoms with van der Waals surface area (Å²) in [7, 11) is 0. The number of rotatable bonds is 5. The fourth-order valence-corrected chi connectivity index (χ4v) is 7.19. The number of hydrogen-bond acceptors (Lipinski definition) is 6. The highest BCUT2D eigenvalue weighted by Crippen LogP contribution is 2.60. The normalized spacial score (nSPS) is 23.4. The molecule has 1 fully saturated rings. The number of ether oxygens (including phenoxy) is 2. The Balaban J connectivity index is 1.50. The first-order valence-corrected chi connectivity index (χ1v) is 12.2. The van der Waals surface area contributed by atoms with Gasteiger partial charge in [0, 0.05) is 17.2 Å². The van der Waals surface area contributed by atoms with Gasteiger partial charge in [0.15, 0.2) is 35.3 Å². The Kier molecular flexibility index (Phi) is 4.64. The number of quaternary nitrogens is 1. The van der Waals surface area contributed by atoms with Gasteiger partial charge in [0.25, 0.3) is 5.01 Å². The van der Waals surface area contributed by atoms with Crippen LogP contribution in [0.4, 0.5) is 5.69 Å². The van der Waals surface area contributed by atoms with Gasteiger partial charge in [0.05, 0.1) is 17.0 Å². The van der Waals surface area contributed by atoms with Crippen LogP contribution < -0.4 is 18.5 Å². The molecular formula is C22H17ClN2O6S2+2. The average molecular weight is 505 g/mol. The number of thioether (sulfide) groups is 1. The largest absolute Gasteiger partial charge is 0.481 e. The van der Waals surface area contributed by atoms with Crippen LogP contribution >= 0.6 is 34.7 Å². The van der Waals surface area contributed by atoms with Crippen LogP contribution in [0.15, 0.2) is 40.3 Å². The maximum atomic E-state index is 11.9. The monoisotopic (exact) mass is 504 g/mol. The lowest BCUT2D eigenvalue weighted by molar-refractivity contribution is -0.667. The van der Waals surface area contributed by atoms with Gasteiger partial charge in [0.1, 0.15) is 11.1 Å². The highest BCUT2D eigenvalue weighted by atomic mass is 35.5. The molecule has 2 atom stereocenters. The van der Waals surface area contributed by atoms with E-state index in [1.807, 2.05) is 34.9 Å². The number of hydrogen-bond donors (Lipinski definition) is 2. The fourth-order valence-electron chi connectivity index (χ4n) is 4.49. The van der Waals surface area contributed by atoms with Crippen molar-refractivity contribution < 1.29 is 33.8 Å². The molecule has 2 N–H and O–H groups in total. The molecule has 1 spiro atoms. The predicted molar refractivity (Wildman–Crippen MR) is 124 cm³/mol. The van der Waals surface area contributed by atoms with Gasteiger partial charge < -0.3 is 19.7 Å². The van der Waals surface area contributed by atoms with Crippen LogP contribution in [0.1, 0.15) is 11.4 Å². The molecule has 0 saturated carbocycles. The number of aromatic nitrogens is 1. The zero-order valence-corrected chi connectivity index (χ0v) is 19.4. The molecule has 3 aliphatic heterocycles. The number of benzene rings is 2. The summed E-state index contributed by atoms with van der Waals surface area (Å²) in [5, 5.41) is 21.4. The van der Waals surface area contributed by atoms with Gasteiger partial charge in [-0.05, 0) is 23.9 Å². The Labute approximate surface area is 200 Å². The second-order valence-electron chi connectivity index (χ2n) is 8.01. The van der Waals surface area contributed by atoms with Crippen LogP contribution in [-0.2, 0) is 16.1 Å². The van der Waals surface area contributed by atoms with E-state index in [4.69, 9.17) is 21.1 Å². The highest BCUT2D eigenvalue weighted by Gasteiger charge is 2.68. The van der Waals surface area contributed by atoms with Gasteiger partial charge in [-0.3, -0.25) is 4.79 Å². The molecule has 3 aromatic rings. The average Bonchev–Trinajstić information content (AvgIpc) is 3.04. The lowest BCUT2D eigenvalue weighted by Crippen LogP contribution is -2.36. The van der Waals surface area contributed by atoms with Crippen LogP contribution in [0.5, 0.6) is 11.5 Å². The second kappa shape index (κ2) is 7.36. The molecule has 6 rings (SSSR count). The maximum absolute atomic E-state index is 11.9. The molecule has 8 nitrogen and oxygen atoms in total. The van der Waals surface area contributed by atoms with Crippen LogP contribution in [0.3, 0.4) is 0 Å². The third-order valence-electron chi connectivity index (χ3n) is 6.12. The molecule has 4 heterocycles. The number of nitrogens with zero attached hydrogens (tertiary/aromatic N) is 2. The Morgan fingerprint density at radius 3 is 2.73 bits per heavy atom. The number of carboxylic acid groups (broad SMARTS) is 2. The summed E-state index contributed by atoms with van der Waals surface area (Å²) in [6.07, 6.45) is 1.95. The summed E-state index contributed by atoms with van der Waals surface area (Å²) < 4.78 is 14.1. The van der Waals surface area contributed by atoms with Crippen molar-refractivity contribution in [1.29, 1.82) is 0 Å². The van der Waals surface area contributed by atoms with Crippen molar-refractivity contribution in [3.05, 3.63) is 45.4 Å². The molecule has 3 aliphatic rings. The summed E-state index contributed by atoms with van der Waals surface area (Å²) in [5.41, 5.74) is 1.75. The van der Waals surface area contributed by atoms with Gasteiger partial charge in [-0.25, -0.2) is 9.28 Å². The molecule has 168 valence electrons. The second-order valence-corrected chi connectivity index (χ2v) is 10.6. The third kappa shape index (κ3) is 3.20. The molecular weight excluding hydrogens is 488 g/mol. The van der Waals surface area contributed by atoms with Gasteiger partial charge in [0.2, 0.25) is 18.4 Å². The van der Waals surface area contributed by atoms with E-state index in [-0.39, 0.29) is 24.2 Å². The molecule has 0 bridgehead atoms. The molecule has 11 heteroatoms. The molecule has 2 aromatic carbocycles. The van der Waals surface area contributed by atoms with Gasteiger partial charge in [-0.1, -0.05) is 22.9 Å². The molecule has 2 unspecified atom stereocenters. The molecule has 0 aliphatic carbocycles. The first-order chi connectivity index (χ1) is 15.9. The standard InChI is InChI=1S/C22H15ClN2O6S2/c23-11-1-2-17-13(5-11)25(9-14(25)22(28)29)20(33-17)8-19-24(4-3-21(26)27)12-6-15-16(31-10-30-15)7-18(12)32-19/h1-2,5-8,14H,3-4,9-10H2/p+2. The number of fused-ring (bicyclic) bond motifs is 4. The van der Waals surface area contributed by atoms with E-state index in [1.165, 1.54) is 23.1 Å². The van der Waals surface area contributed by atoms with E-state index in [0.29, 0.717) is 23.1 Å². The number of carboxylic acids is 2. The fraction of sp³-hybridized carbons (Fsp3) is 0.227. The van der Waals surface area contributed by atoms with E-state index in [1.54, 1.807) is 6.07 Å². The smallest absolute Gasteiger partial charge is 0.369 e. The van der Waals surface area contributed by atoms with Gasteiger partial charge >= 0.3 is 11.9 Å². The van der Waals surface area contributed by atoms with E-state index in [0.717, 1.165) is 30.8 Å². The zero-order chi connectivity index (χ0) is 22.9. The number of halogens is 1. The summed E-state index contributed by atoms with van der Waals surface area (Å²) in [6, 6.07) is 8.77. The molecule has 1 aromatic heterocycles. The quantitative estimate of drug-likeness (QED) is 0.309. The lowest BCUT2D eigenvalue weighted by Gasteiger charge is -2.13. The summed E-state index contributed by atoms with van der Waals surface area (Å²) in [6.45, 7) is 0.893. The summed E-state index contributed by atoms with van der Waals surface area (Å²) >= 11 is 9.29. The number of carbonyl (C=O) groups is 2.